The lowest BCUT2D eigenvalue weighted by Gasteiger charge is -2.34. The van der Waals surface area contributed by atoms with Crippen LogP contribution < -0.4 is 5.32 Å². The van der Waals surface area contributed by atoms with Crippen LogP contribution in [0.3, 0.4) is 0 Å². The molecule has 5 unspecified atom stereocenters. The number of H-pyrrole nitrogens is 2. The number of hydrogen-bond acceptors (Lipinski definition) is 8. The van der Waals surface area contributed by atoms with Gasteiger partial charge >= 0.3 is 6.09 Å². The van der Waals surface area contributed by atoms with Crippen LogP contribution in [0.15, 0.2) is 73.3 Å². The molecule has 0 bridgehead atoms. The minimum atomic E-state index is -0.791. The fraction of sp³-hybridized carbons (Fsp3) is 0.420. The lowest BCUT2D eigenvalue weighted by molar-refractivity contribution is -0.137. The van der Waals surface area contributed by atoms with Crippen molar-refractivity contribution >= 4 is 50.7 Å². The maximum atomic E-state index is 14.4. The molecule has 326 valence electrons. The zero-order valence-corrected chi connectivity index (χ0v) is 36.2. The Kier molecular flexibility index (Phi) is 13.0. The summed E-state index contributed by atoms with van der Waals surface area (Å²) in [6.45, 7) is 15.6. The predicted molar refractivity (Wildman–Crippen MR) is 242 cm³/mol. The van der Waals surface area contributed by atoms with E-state index in [1.807, 2.05) is 73.4 Å². The van der Waals surface area contributed by atoms with Gasteiger partial charge < -0.3 is 39.3 Å². The number of imidazole rings is 2. The van der Waals surface area contributed by atoms with Crippen molar-refractivity contribution in [2.45, 2.75) is 64.1 Å². The van der Waals surface area contributed by atoms with Crippen molar-refractivity contribution in [1.29, 1.82) is 0 Å². The van der Waals surface area contributed by atoms with Crippen molar-refractivity contribution in [3.63, 3.8) is 0 Å². The molecule has 3 aliphatic heterocycles. The van der Waals surface area contributed by atoms with E-state index in [4.69, 9.17) is 30.6 Å². The van der Waals surface area contributed by atoms with Crippen molar-refractivity contribution in [1.82, 2.24) is 35.1 Å². The zero-order valence-electron chi connectivity index (χ0n) is 36.2. The number of aromatic nitrogens is 4. The number of alkyl carbamates (subject to hydrolysis) is 1. The highest BCUT2D eigenvalue weighted by atomic mass is 16.5. The fourth-order valence-electron chi connectivity index (χ4n) is 9.16. The minimum Gasteiger partial charge on any atom is -0.453 e. The Morgan fingerprint density at radius 1 is 0.984 bits per heavy atom. The van der Waals surface area contributed by atoms with Crippen LogP contribution in [0.25, 0.3) is 32.8 Å². The van der Waals surface area contributed by atoms with E-state index in [1.54, 1.807) is 4.90 Å². The van der Waals surface area contributed by atoms with Crippen LogP contribution in [-0.2, 0) is 23.8 Å². The van der Waals surface area contributed by atoms with Gasteiger partial charge in [0.2, 0.25) is 11.8 Å². The Morgan fingerprint density at radius 2 is 1.70 bits per heavy atom. The summed E-state index contributed by atoms with van der Waals surface area (Å²) in [5.41, 5.74) is 5.68. The number of carbonyl (C=O) groups is 3. The standard InChI is InChI=1S/C50H55N7O6/c1-7-30(3)28-56(43(58)27-35-17-21-62-22-18-35)32(5)47-51-40-15-12-34(26-42(40)53-47)10-9-33-11-14-39-38(25-33)13-16-41-45(39)54-48(52-41)46-31(4)36(8-2)29-57(46)49(59)44(55-50(60)61-6)37-19-23-63-24-20-37/h1,8,11-16,25-26,30,32,35-37,44,46H,2,4,17-24,27-29H2,3,5-6H3,(H,51,53)(H,52,54)(H,55,60). The van der Waals surface area contributed by atoms with E-state index in [1.165, 1.54) is 7.11 Å². The van der Waals surface area contributed by atoms with E-state index in [9.17, 15) is 14.4 Å². The van der Waals surface area contributed by atoms with E-state index in [0.717, 1.165) is 62.4 Å². The molecule has 2 aromatic heterocycles. The monoisotopic (exact) mass is 849 g/mol. The average molecular weight is 850 g/mol. The first kappa shape index (κ1) is 43.2. The number of likely N-dealkylation sites (tertiary alicyclic amines) is 1. The largest absolute Gasteiger partial charge is 0.453 e. The van der Waals surface area contributed by atoms with Crippen LogP contribution in [0.5, 0.6) is 0 Å². The number of aromatic amines is 2. The van der Waals surface area contributed by atoms with Gasteiger partial charge in [-0.05, 0) is 98.7 Å². The number of methoxy groups -OCH3 is 1. The second-order valence-corrected chi connectivity index (χ2v) is 17.0. The molecule has 3 aromatic carbocycles. The van der Waals surface area contributed by atoms with Gasteiger partial charge in [-0.3, -0.25) is 9.59 Å². The van der Waals surface area contributed by atoms with E-state index in [0.29, 0.717) is 76.3 Å². The molecular formula is C50H55N7O6. The van der Waals surface area contributed by atoms with Gasteiger partial charge in [-0.2, -0.15) is 0 Å². The Balaban J connectivity index is 1.02. The molecule has 13 nitrogen and oxygen atoms in total. The summed E-state index contributed by atoms with van der Waals surface area (Å²) in [4.78, 5) is 61.1. The van der Waals surface area contributed by atoms with Crippen molar-refractivity contribution in [3.05, 3.63) is 96.1 Å². The Labute approximate surface area is 368 Å². The van der Waals surface area contributed by atoms with Gasteiger partial charge in [-0.1, -0.05) is 36.6 Å². The normalized spacial score (nSPS) is 19.8. The van der Waals surface area contributed by atoms with Crippen molar-refractivity contribution in [2.75, 3.05) is 46.6 Å². The highest BCUT2D eigenvalue weighted by Gasteiger charge is 2.44. The number of ether oxygens (including phenoxy) is 3. The van der Waals surface area contributed by atoms with Crippen LogP contribution in [0.1, 0.15) is 80.8 Å². The van der Waals surface area contributed by atoms with Crippen LogP contribution in [0.4, 0.5) is 4.79 Å². The predicted octanol–water partition coefficient (Wildman–Crippen LogP) is 7.36. The highest BCUT2D eigenvalue weighted by molar-refractivity contribution is 6.04. The van der Waals surface area contributed by atoms with Crippen LogP contribution in [0, 0.1) is 47.9 Å². The summed E-state index contributed by atoms with van der Waals surface area (Å²) in [6, 6.07) is 14.3. The molecule has 8 rings (SSSR count). The molecule has 3 amide bonds. The second kappa shape index (κ2) is 18.9. The Hall–Kier alpha value is -6.41. The molecule has 5 heterocycles. The average Bonchev–Trinajstić information content (AvgIpc) is 4.03. The Morgan fingerprint density at radius 3 is 2.41 bits per heavy atom. The number of rotatable bonds is 11. The van der Waals surface area contributed by atoms with Gasteiger partial charge in [-0.25, -0.2) is 14.8 Å². The SMILES string of the molecule is C#CC(C)CN(C(=O)CC1CCOCC1)C(C)c1nc2ccc(C#Cc3ccc4c(ccc5[nH]c(C6C(=C)C(C=C)CN6C(=O)C(NC(=O)OC)C6CCOCC6)nc54)c3)cc2[nH]1. The molecule has 5 aromatic rings. The fourth-order valence-corrected chi connectivity index (χ4v) is 9.16. The molecule has 0 spiro atoms. The number of terminal acetylenes is 1. The van der Waals surface area contributed by atoms with Gasteiger partial charge in [0.1, 0.15) is 23.7 Å². The van der Waals surface area contributed by atoms with Crippen molar-refractivity contribution in [3.8, 4) is 24.2 Å². The number of nitrogens with zero attached hydrogens (tertiary/aromatic N) is 4. The second-order valence-electron chi connectivity index (χ2n) is 17.0. The number of fused-ring (bicyclic) bond motifs is 4. The molecule has 3 N–H and O–H groups in total. The lowest BCUT2D eigenvalue weighted by Crippen LogP contribution is -2.53. The molecule has 0 radical (unpaired) electrons. The molecule has 3 saturated heterocycles. The first-order chi connectivity index (χ1) is 30.5. The van der Waals surface area contributed by atoms with Gasteiger partial charge in [0.25, 0.3) is 0 Å². The molecule has 5 atom stereocenters. The topological polar surface area (TPSA) is 155 Å². The number of hydrogen-bond donors (Lipinski definition) is 3. The van der Waals surface area contributed by atoms with Crippen molar-refractivity contribution in [2.24, 2.45) is 23.7 Å². The molecular weight excluding hydrogens is 795 g/mol. The van der Waals surface area contributed by atoms with E-state index in [2.05, 4.69) is 46.2 Å². The number of benzene rings is 3. The first-order valence-electron chi connectivity index (χ1n) is 21.9. The molecule has 3 aliphatic rings. The van der Waals surface area contributed by atoms with Crippen LogP contribution in [0.2, 0.25) is 0 Å². The maximum absolute atomic E-state index is 14.4. The smallest absolute Gasteiger partial charge is 0.407 e. The summed E-state index contributed by atoms with van der Waals surface area (Å²) < 4.78 is 16.0. The first-order valence-corrected chi connectivity index (χ1v) is 21.9. The zero-order chi connectivity index (χ0) is 44.2. The number of nitrogens with one attached hydrogen (secondary N) is 3. The quantitative estimate of drug-likeness (QED) is 0.0921. The maximum Gasteiger partial charge on any atom is 0.407 e. The third kappa shape index (κ3) is 9.22. The molecule has 63 heavy (non-hydrogen) atoms. The molecule has 0 saturated carbocycles. The van der Waals surface area contributed by atoms with E-state index in [-0.39, 0.29) is 35.6 Å². The summed E-state index contributed by atoms with van der Waals surface area (Å²) in [5, 5.41) is 4.72. The third-order valence-corrected chi connectivity index (χ3v) is 12.9. The summed E-state index contributed by atoms with van der Waals surface area (Å²) >= 11 is 0. The summed E-state index contributed by atoms with van der Waals surface area (Å²) in [6.07, 6.45) is 10.4. The lowest BCUT2D eigenvalue weighted by atomic mass is 9.90. The van der Waals surface area contributed by atoms with Crippen LogP contribution in [-0.4, -0.2) is 100 Å². The van der Waals surface area contributed by atoms with Gasteiger partial charge in [-0.15, -0.1) is 18.9 Å². The molecule has 0 aliphatic carbocycles. The third-order valence-electron chi connectivity index (χ3n) is 12.9. The number of carbonyl (C=O) groups excluding carboxylic acids is 3. The molecule has 13 heteroatoms. The van der Waals surface area contributed by atoms with Gasteiger partial charge in [0, 0.05) is 74.3 Å². The summed E-state index contributed by atoms with van der Waals surface area (Å²) in [5.74, 6) is 10.5. The Bertz CT molecular complexity index is 2650. The van der Waals surface area contributed by atoms with E-state index < -0.39 is 18.2 Å². The van der Waals surface area contributed by atoms with E-state index >= 15 is 0 Å². The minimum absolute atomic E-state index is 0.0815. The number of amides is 3. The summed E-state index contributed by atoms with van der Waals surface area (Å²) in [7, 11) is 1.29. The van der Waals surface area contributed by atoms with Crippen molar-refractivity contribution < 1.29 is 28.6 Å². The highest BCUT2D eigenvalue weighted by Crippen LogP contribution is 2.41. The van der Waals surface area contributed by atoms with Gasteiger partial charge in [0.15, 0.2) is 0 Å². The molecule has 3 fully saturated rings. The van der Waals surface area contributed by atoms with Gasteiger partial charge in [0.05, 0.1) is 35.2 Å². The van der Waals surface area contributed by atoms with Crippen LogP contribution >= 0.6 is 0 Å².